The van der Waals surface area contributed by atoms with Crippen LogP contribution in [0.5, 0.6) is 0 Å². The molecule has 19 rings (SSSR count). The maximum absolute atomic E-state index is 2.74. The minimum atomic E-state index is -0.421. The van der Waals surface area contributed by atoms with E-state index in [-0.39, 0.29) is 5.54 Å². The topological polar surface area (TPSA) is 6.48 Å². The van der Waals surface area contributed by atoms with Gasteiger partial charge in [0.1, 0.15) is 0 Å². The SMILES string of the molecule is c1ccc(-c2ccc3cc(-c4ccc(N(c5ccccc5)C56CC7CC(CC(C7)C5)C6)cc4)ccc3c2)cc1.c1ccc(-c2ccc3cc(-c4ccc(N(c5ccccc5)c5ccc(C6(c7ccccc7)c7ccccc7-c7ccccc76)cc5)cc4)ccc3c2)cc1. The maximum Gasteiger partial charge on any atom is 0.0713 e. The van der Waals surface area contributed by atoms with Crippen LogP contribution in [0.4, 0.5) is 28.4 Å². The van der Waals surface area contributed by atoms with Gasteiger partial charge in [0.2, 0.25) is 0 Å². The van der Waals surface area contributed by atoms with Crippen LogP contribution < -0.4 is 9.80 Å². The third kappa shape index (κ3) is 10.3. The summed E-state index contributed by atoms with van der Waals surface area (Å²) in [6, 6.07) is 127. The van der Waals surface area contributed by atoms with Gasteiger partial charge in [-0.1, -0.05) is 261 Å². The molecule has 0 radical (unpaired) electrons. The predicted octanol–water partition coefficient (Wildman–Crippen LogP) is 24.3. The molecule has 2 nitrogen and oxygen atoms in total. The predicted molar refractivity (Wildman–Crippen MR) is 391 cm³/mol. The highest BCUT2D eigenvalue weighted by atomic mass is 15.2. The number of rotatable bonds is 12. The lowest BCUT2D eigenvalue weighted by Gasteiger charge is -2.61. The highest BCUT2D eigenvalue weighted by molar-refractivity contribution is 5.93. The Balaban J connectivity index is 0.000000149. The Morgan fingerprint density at radius 2 is 0.527 bits per heavy atom. The fraction of sp³-hybridized carbons (Fsp3) is 0.121. The molecule has 0 spiro atoms. The second kappa shape index (κ2) is 23.8. The number of para-hydroxylation sites is 2. The van der Waals surface area contributed by atoms with E-state index in [1.54, 1.807) is 0 Å². The van der Waals surface area contributed by atoms with E-state index in [4.69, 9.17) is 0 Å². The van der Waals surface area contributed by atoms with Crippen molar-refractivity contribution in [1.82, 2.24) is 0 Å². The van der Waals surface area contributed by atoms with Gasteiger partial charge in [-0.15, -0.1) is 0 Å². The lowest BCUT2D eigenvalue weighted by atomic mass is 9.52. The van der Waals surface area contributed by atoms with Gasteiger partial charge in [-0.2, -0.15) is 0 Å². The zero-order chi connectivity index (χ0) is 61.7. The quantitative estimate of drug-likeness (QED) is 0.120. The Labute approximate surface area is 547 Å². The second-order valence-corrected chi connectivity index (χ2v) is 26.6. The summed E-state index contributed by atoms with van der Waals surface area (Å²) in [5.74, 6) is 2.75. The minimum absolute atomic E-state index is 0.275. The smallest absolute Gasteiger partial charge is 0.0713 e. The molecular weight excluding hydrogens is 1120 g/mol. The van der Waals surface area contributed by atoms with Crippen molar-refractivity contribution in [2.75, 3.05) is 9.80 Å². The van der Waals surface area contributed by atoms with Gasteiger partial charge in [-0.3, -0.25) is 0 Å². The van der Waals surface area contributed by atoms with Crippen molar-refractivity contribution in [2.45, 2.75) is 49.5 Å². The standard InChI is InChI=1S/C53H37N.C38H35N/c1-4-14-38(15-5-1)40-24-26-43-37-41(25-27-42(43)36-40)39-28-32-47(33-29-39)54(46-18-8-3-9-19-46)48-34-30-45(31-35-48)53(44-16-6-2-7-17-44)51-22-12-10-20-49(51)50-21-11-13-23-52(50)53;1-3-7-30(8-4-1)32-11-13-35-23-33(12-14-34(35)22-32)31-15-17-37(18-16-31)39(36-9-5-2-6-10-36)38-24-27-19-28(25-38)21-29(20-27)26-38/h1-37H;1-18,22-23,27-29H,19-21,24-26H2. The third-order valence-electron chi connectivity index (χ3n) is 21.0. The fourth-order valence-electron chi connectivity index (χ4n) is 17.3. The van der Waals surface area contributed by atoms with Gasteiger partial charge in [0.05, 0.1) is 5.41 Å². The van der Waals surface area contributed by atoms with Crippen molar-refractivity contribution in [3.8, 4) is 55.6 Å². The van der Waals surface area contributed by atoms with Gasteiger partial charge in [0.25, 0.3) is 0 Å². The van der Waals surface area contributed by atoms with Crippen molar-refractivity contribution in [2.24, 2.45) is 17.8 Å². The highest BCUT2D eigenvalue weighted by Crippen LogP contribution is 2.60. The molecule has 5 aliphatic rings. The van der Waals surface area contributed by atoms with Gasteiger partial charge in [0.15, 0.2) is 0 Å². The number of fused-ring (bicyclic) bond motifs is 5. The fourth-order valence-corrected chi connectivity index (χ4v) is 17.3. The van der Waals surface area contributed by atoms with E-state index in [1.165, 1.54) is 149 Å². The first-order valence-corrected chi connectivity index (χ1v) is 33.5. The van der Waals surface area contributed by atoms with E-state index < -0.39 is 5.41 Å². The van der Waals surface area contributed by atoms with Crippen LogP contribution in [0.15, 0.2) is 346 Å². The summed E-state index contributed by atoms with van der Waals surface area (Å²) in [5, 5.41) is 5.06. The molecule has 0 atom stereocenters. The Bertz CT molecular complexity index is 4880. The summed E-state index contributed by atoms with van der Waals surface area (Å²) < 4.78 is 0. The molecule has 5 aliphatic carbocycles. The first kappa shape index (κ1) is 56.2. The maximum atomic E-state index is 2.74. The zero-order valence-corrected chi connectivity index (χ0v) is 52.3. The first-order chi connectivity index (χ1) is 46.0. The molecule has 0 N–H and O–H groups in total. The van der Waals surface area contributed by atoms with Crippen LogP contribution in [0.1, 0.15) is 60.8 Å². The molecule has 2 heteroatoms. The average molecular weight is 1190 g/mol. The molecule has 0 saturated heterocycles. The van der Waals surface area contributed by atoms with Crippen molar-refractivity contribution < 1.29 is 0 Å². The lowest BCUT2D eigenvalue weighted by Crippen LogP contribution is -2.58. The molecule has 0 unspecified atom stereocenters. The van der Waals surface area contributed by atoms with Crippen LogP contribution in [0.25, 0.3) is 77.2 Å². The molecule has 0 amide bonds. The van der Waals surface area contributed by atoms with Crippen LogP contribution in [0.2, 0.25) is 0 Å². The van der Waals surface area contributed by atoms with Crippen molar-refractivity contribution >= 4 is 50.0 Å². The summed E-state index contributed by atoms with van der Waals surface area (Å²) in [6.45, 7) is 0. The summed E-state index contributed by atoms with van der Waals surface area (Å²) in [7, 11) is 0. The van der Waals surface area contributed by atoms with Gasteiger partial charge in [-0.05, 0) is 241 Å². The minimum Gasteiger partial charge on any atom is -0.335 e. The van der Waals surface area contributed by atoms with Crippen molar-refractivity contribution in [1.29, 1.82) is 0 Å². The molecule has 14 aromatic carbocycles. The second-order valence-electron chi connectivity index (χ2n) is 26.6. The van der Waals surface area contributed by atoms with Crippen molar-refractivity contribution in [3.05, 3.63) is 368 Å². The highest BCUT2D eigenvalue weighted by Gasteiger charge is 2.54. The molecule has 93 heavy (non-hydrogen) atoms. The molecule has 0 aromatic heterocycles. The monoisotopic (exact) mass is 1190 g/mol. The van der Waals surface area contributed by atoms with E-state index in [2.05, 4.69) is 356 Å². The molecule has 4 bridgehead atoms. The number of nitrogens with zero attached hydrogens (tertiary/aromatic N) is 2. The molecule has 446 valence electrons. The van der Waals surface area contributed by atoms with Crippen LogP contribution in [0, 0.1) is 17.8 Å². The largest absolute Gasteiger partial charge is 0.335 e. The molecule has 0 aliphatic heterocycles. The van der Waals surface area contributed by atoms with Crippen molar-refractivity contribution in [3.63, 3.8) is 0 Å². The number of anilines is 5. The zero-order valence-electron chi connectivity index (χ0n) is 52.3. The molecular formula is C91H72N2. The van der Waals surface area contributed by atoms with E-state index in [0.29, 0.717) is 0 Å². The Kier molecular flexibility index (Phi) is 14.4. The number of benzene rings is 14. The summed E-state index contributed by atoms with van der Waals surface area (Å²) >= 11 is 0. The van der Waals surface area contributed by atoms with Gasteiger partial charge < -0.3 is 9.80 Å². The number of hydrogen-bond acceptors (Lipinski definition) is 2. The van der Waals surface area contributed by atoms with E-state index >= 15 is 0 Å². The lowest BCUT2D eigenvalue weighted by molar-refractivity contribution is 0.000556. The van der Waals surface area contributed by atoms with E-state index in [1.807, 2.05) is 0 Å². The Hall–Kier alpha value is -10.8. The molecule has 4 fully saturated rings. The normalized spacial score (nSPS) is 17.9. The molecule has 0 heterocycles. The Morgan fingerprint density at radius 1 is 0.237 bits per heavy atom. The van der Waals surface area contributed by atoms with Crippen LogP contribution in [-0.4, -0.2) is 5.54 Å². The van der Waals surface area contributed by atoms with E-state index in [9.17, 15) is 0 Å². The molecule has 4 saturated carbocycles. The first-order valence-electron chi connectivity index (χ1n) is 33.5. The average Bonchev–Trinajstić information content (AvgIpc) is 1.64. The van der Waals surface area contributed by atoms with Crippen LogP contribution >= 0.6 is 0 Å². The molecule has 14 aromatic rings. The van der Waals surface area contributed by atoms with Crippen LogP contribution in [0.3, 0.4) is 0 Å². The van der Waals surface area contributed by atoms with E-state index in [0.717, 1.165) is 34.8 Å². The van der Waals surface area contributed by atoms with Gasteiger partial charge in [0, 0.05) is 34.0 Å². The number of hydrogen-bond donors (Lipinski definition) is 0. The van der Waals surface area contributed by atoms with Gasteiger partial charge in [-0.25, -0.2) is 0 Å². The summed E-state index contributed by atoms with van der Waals surface area (Å²) in [5.41, 5.74) is 23.7. The summed E-state index contributed by atoms with van der Waals surface area (Å²) in [6.07, 6.45) is 8.46. The Morgan fingerprint density at radius 3 is 0.946 bits per heavy atom. The third-order valence-corrected chi connectivity index (χ3v) is 21.0. The summed E-state index contributed by atoms with van der Waals surface area (Å²) in [4.78, 5) is 5.09. The van der Waals surface area contributed by atoms with Crippen LogP contribution in [-0.2, 0) is 5.41 Å². The van der Waals surface area contributed by atoms with Gasteiger partial charge >= 0.3 is 0 Å².